The summed E-state index contributed by atoms with van der Waals surface area (Å²) in [6.07, 6.45) is 1.52. The smallest absolute Gasteiger partial charge is 0.321 e. The SMILES string of the molecule is C=C[C@H](c1cccc(OC)c1)C(C(=O)OC)C(=O)OC. The van der Waals surface area contributed by atoms with E-state index in [-0.39, 0.29) is 0 Å². The Morgan fingerprint density at radius 2 is 1.75 bits per heavy atom. The Balaban J connectivity index is 3.21. The summed E-state index contributed by atoms with van der Waals surface area (Å²) >= 11 is 0. The van der Waals surface area contributed by atoms with Crippen LogP contribution in [-0.2, 0) is 19.1 Å². The molecule has 0 spiro atoms. The van der Waals surface area contributed by atoms with Gasteiger partial charge in [-0.05, 0) is 17.7 Å². The number of carbonyl (C=O) groups is 2. The molecular formula is C15H18O5. The predicted octanol–water partition coefficient (Wildman–Crippen LogP) is 1.93. The first kappa shape index (κ1) is 15.8. The normalized spacial score (nSPS) is 11.6. The van der Waals surface area contributed by atoms with Gasteiger partial charge >= 0.3 is 11.9 Å². The predicted molar refractivity (Wildman–Crippen MR) is 73.5 cm³/mol. The molecule has 0 unspecified atom stereocenters. The van der Waals surface area contributed by atoms with Crippen molar-refractivity contribution in [3.05, 3.63) is 42.5 Å². The molecule has 0 radical (unpaired) electrons. The van der Waals surface area contributed by atoms with Crippen molar-refractivity contribution in [2.24, 2.45) is 5.92 Å². The van der Waals surface area contributed by atoms with Crippen LogP contribution in [-0.4, -0.2) is 33.3 Å². The first-order valence-electron chi connectivity index (χ1n) is 6.01. The fourth-order valence-corrected chi connectivity index (χ4v) is 1.96. The Bertz CT molecular complexity index is 479. The lowest BCUT2D eigenvalue weighted by Gasteiger charge is -2.21. The van der Waals surface area contributed by atoms with Gasteiger partial charge in [0.15, 0.2) is 5.92 Å². The van der Waals surface area contributed by atoms with Crippen LogP contribution in [0.2, 0.25) is 0 Å². The van der Waals surface area contributed by atoms with Gasteiger partial charge in [0.05, 0.1) is 21.3 Å². The zero-order valence-corrected chi connectivity index (χ0v) is 11.8. The highest BCUT2D eigenvalue weighted by atomic mass is 16.5. The van der Waals surface area contributed by atoms with Gasteiger partial charge in [-0.25, -0.2) is 0 Å². The molecule has 0 aromatic heterocycles. The molecule has 1 rings (SSSR count). The molecule has 0 aliphatic carbocycles. The van der Waals surface area contributed by atoms with Gasteiger partial charge < -0.3 is 14.2 Å². The van der Waals surface area contributed by atoms with Crippen LogP contribution in [0, 0.1) is 5.92 Å². The first-order chi connectivity index (χ1) is 9.58. The maximum atomic E-state index is 11.8. The molecule has 5 heteroatoms. The molecule has 0 aliphatic heterocycles. The minimum atomic E-state index is -1.09. The zero-order valence-electron chi connectivity index (χ0n) is 11.8. The summed E-state index contributed by atoms with van der Waals surface area (Å²) in [7, 11) is 3.99. The second-order valence-corrected chi connectivity index (χ2v) is 4.06. The van der Waals surface area contributed by atoms with E-state index in [1.807, 2.05) is 0 Å². The quantitative estimate of drug-likeness (QED) is 0.452. The topological polar surface area (TPSA) is 61.8 Å². The van der Waals surface area contributed by atoms with Crippen molar-refractivity contribution >= 4 is 11.9 Å². The molecule has 1 atom stereocenters. The molecule has 108 valence electrons. The van der Waals surface area contributed by atoms with Crippen molar-refractivity contribution in [3.63, 3.8) is 0 Å². The minimum absolute atomic E-state index is 0.551. The summed E-state index contributed by atoms with van der Waals surface area (Å²) in [5.74, 6) is -2.34. The second-order valence-electron chi connectivity index (χ2n) is 4.06. The van der Waals surface area contributed by atoms with E-state index in [1.165, 1.54) is 20.3 Å². The molecule has 0 saturated carbocycles. The second kappa shape index (κ2) is 7.33. The number of methoxy groups -OCH3 is 3. The molecule has 0 bridgehead atoms. The lowest BCUT2D eigenvalue weighted by atomic mass is 9.86. The molecule has 20 heavy (non-hydrogen) atoms. The van der Waals surface area contributed by atoms with E-state index in [1.54, 1.807) is 31.4 Å². The molecular weight excluding hydrogens is 260 g/mol. The fraction of sp³-hybridized carbons (Fsp3) is 0.333. The maximum absolute atomic E-state index is 11.8. The minimum Gasteiger partial charge on any atom is -0.497 e. The molecule has 5 nitrogen and oxygen atoms in total. The zero-order chi connectivity index (χ0) is 15.1. The highest BCUT2D eigenvalue weighted by molar-refractivity contribution is 5.96. The number of rotatable bonds is 6. The van der Waals surface area contributed by atoms with Crippen LogP contribution in [0.1, 0.15) is 11.5 Å². The lowest BCUT2D eigenvalue weighted by Crippen LogP contribution is -2.31. The third kappa shape index (κ3) is 3.38. The van der Waals surface area contributed by atoms with Gasteiger partial charge in [0.1, 0.15) is 5.75 Å². The van der Waals surface area contributed by atoms with Crippen molar-refractivity contribution in [2.75, 3.05) is 21.3 Å². The van der Waals surface area contributed by atoms with Gasteiger partial charge in [0, 0.05) is 5.92 Å². The van der Waals surface area contributed by atoms with Crippen molar-refractivity contribution in [1.82, 2.24) is 0 Å². The monoisotopic (exact) mass is 278 g/mol. The number of allylic oxidation sites excluding steroid dienone is 1. The number of ether oxygens (including phenoxy) is 3. The van der Waals surface area contributed by atoms with Crippen LogP contribution < -0.4 is 4.74 Å². The Kier molecular flexibility index (Phi) is 5.77. The molecule has 0 heterocycles. The lowest BCUT2D eigenvalue weighted by molar-refractivity contribution is -0.159. The van der Waals surface area contributed by atoms with Crippen LogP contribution in [0.4, 0.5) is 0 Å². The van der Waals surface area contributed by atoms with Gasteiger partial charge in [0.25, 0.3) is 0 Å². The third-order valence-electron chi connectivity index (χ3n) is 3.00. The summed E-state index contributed by atoms with van der Waals surface area (Å²) in [6.45, 7) is 3.69. The van der Waals surface area contributed by atoms with E-state index in [0.29, 0.717) is 5.75 Å². The molecule has 1 aromatic rings. The van der Waals surface area contributed by atoms with E-state index in [2.05, 4.69) is 16.1 Å². The highest BCUT2D eigenvalue weighted by Gasteiger charge is 2.36. The van der Waals surface area contributed by atoms with E-state index in [4.69, 9.17) is 4.74 Å². The number of hydrogen-bond acceptors (Lipinski definition) is 5. The van der Waals surface area contributed by atoms with E-state index in [9.17, 15) is 9.59 Å². The highest BCUT2D eigenvalue weighted by Crippen LogP contribution is 2.30. The van der Waals surface area contributed by atoms with Crippen molar-refractivity contribution in [1.29, 1.82) is 0 Å². The van der Waals surface area contributed by atoms with Crippen molar-refractivity contribution in [3.8, 4) is 5.75 Å². The van der Waals surface area contributed by atoms with Gasteiger partial charge in [-0.1, -0.05) is 18.2 Å². The average molecular weight is 278 g/mol. The van der Waals surface area contributed by atoms with Crippen LogP contribution in [0.25, 0.3) is 0 Å². The summed E-state index contributed by atoms with van der Waals surface area (Å²) in [6, 6.07) is 7.07. The van der Waals surface area contributed by atoms with Gasteiger partial charge in [-0.3, -0.25) is 9.59 Å². The summed E-state index contributed by atoms with van der Waals surface area (Å²) in [5, 5.41) is 0. The largest absolute Gasteiger partial charge is 0.497 e. The van der Waals surface area contributed by atoms with Gasteiger partial charge in [-0.15, -0.1) is 6.58 Å². The standard InChI is InChI=1S/C15H18O5/c1-5-12(10-7-6-8-11(9-10)18-2)13(14(16)19-3)15(17)20-4/h5-9,12-13H,1H2,2-4H3/t12-/m1/s1. The number of carbonyl (C=O) groups excluding carboxylic acids is 2. The Hall–Kier alpha value is -2.30. The Labute approximate surface area is 118 Å². The molecule has 1 aromatic carbocycles. The number of benzene rings is 1. The first-order valence-corrected chi connectivity index (χ1v) is 6.01. The van der Waals surface area contributed by atoms with Gasteiger partial charge in [0.2, 0.25) is 0 Å². The molecule has 0 amide bonds. The molecule has 0 aliphatic rings. The molecule has 0 N–H and O–H groups in total. The van der Waals surface area contributed by atoms with E-state index < -0.39 is 23.8 Å². The van der Waals surface area contributed by atoms with Crippen LogP contribution in [0.5, 0.6) is 5.75 Å². The summed E-state index contributed by atoms with van der Waals surface area (Å²) in [4.78, 5) is 23.7. The molecule has 0 fully saturated rings. The summed E-state index contributed by atoms with van der Waals surface area (Å²) < 4.78 is 14.5. The number of hydrogen-bond donors (Lipinski definition) is 0. The maximum Gasteiger partial charge on any atom is 0.321 e. The average Bonchev–Trinajstić information content (AvgIpc) is 2.51. The van der Waals surface area contributed by atoms with E-state index >= 15 is 0 Å². The van der Waals surface area contributed by atoms with Crippen molar-refractivity contribution in [2.45, 2.75) is 5.92 Å². The third-order valence-corrected chi connectivity index (χ3v) is 3.00. The summed E-state index contributed by atoms with van der Waals surface area (Å²) in [5.41, 5.74) is 0.722. The number of esters is 2. The van der Waals surface area contributed by atoms with Crippen molar-refractivity contribution < 1.29 is 23.8 Å². The Morgan fingerprint density at radius 3 is 2.20 bits per heavy atom. The fourth-order valence-electron chi connectivity index (χ4n) is 1.96. The van der Waals surface area contributed by atoms with Crippen LogP contribution >= 0.6 is 0 Å². The van der Waals surface area contributed by atoms with Gasteiger partial charge in [-0.2, -0.15) is 0 Å². The van der Waals surface area contributed by atoms with Crippen LogP contribution in [0.15, 0.2) is 36.9 Å². The van der Waals surface area contributed by atoms with E-state index in [0.717, 1.165) is 5.56 Å². The van der Waals surface area contributed by atoms with Crippen LogP contribution in [0.3, 0.4) is 0 Å². The molecule has 0 saturated heterocycles. The Morgan fingerprint density at radius 1 is 1.15 bits per heavy atom.